The number of imidazole rings is 1. The number of aryl methyl sites for hydroxylation is 1. The minimum atomic E-state index is 0.665. The van der Waals surface area contributed by atoms with Gasteiger partial charge in [0, 0.05) is 30.0 Å². The molecule has 0 aliphatic carbocycles. The Balaban J connectivity index is 1.83. The van der Waals surface area contributed by atoms with Crippen LogP contribution in [0.2, 0.25) is 0 Å². The molecular weight excluding hydrogens is 282 g/mol. The van der Waals surface area contributed by atoms with Crippen LogP contribution >= 0.6 is 11.3 Å². The van der Waals surface area contributed by atoms with Crippen molar-refractivity contribution in [2.45, 2.75) is 13.5 Å². The van der Waals surface area contributed by atoms with Crippen LogP contribution in [0, 0.1) is 18.3 Å². The van der Waals surface area contributed by atoms with E-state index in [1.165, 1.54) is 11.3 Å². The lowest BCUT2D eigenvalue weighted by Crippen LogP contribution is -2.06. The Kier molecular flexibility index (Phi) is 3.67. The van der Waals surface area contributed by atoms with Crippen LogP contribution in [-0.4, -0.2) is 14.5 Å². The molecule has 0 saturated heterocycles. The molecule has 3 heterocycles. The molecule has 104 valence electrons. The molecule has 3 aromatic rings. The summed E-state index contributed by atoms with van der Waals surface area (Å²) in [6.45, 7) is 2.61. The highest BCUT2D eigenvalue weighted by atomic mass is 32.1. The third-order valence-corrected chi connectivity index (χ3v) is 4.06. The maximum absolute atomic E-state index is 8.86. The van der Waals surface area contributed by atoms with Gasteiger partial charge in [0.1, 0.15) is 16.8 Å². The summed E-state index contributed by atoms with van der Waals surface area (Å²) in [5.41, 5.74) is 0.936. The lowest BCUT2D eigenvalue weighted by Gasteiger charge is -2.11. The smallest absolute Gasteiger partial charge is 0.161 e. The van der Waals surface area contributed by atoms with Gasteiger partial charge in [-0.15, -0.1) is 11.3 Å². The van der Waals surface area contributed by atoms with Crippen LogP contribution in [0.3, 0.4) is 0 Å². The van der Waals surface area contributed by atoms with Crippen LogP contribution in [0.15, 0.2) is 42.9 Å². The highest BCUT2D eigenvalue weighted by molar-refractivity contribution is 7.12. The number of nitrogens with one attached hydrogen (secondary N) is 1. The zero-order valence-corrected chi connectivity index (χ0v) is 12.3. The third-order valence-electron chi connectivity index (χ3n) is 3.07. The first-order valence-corrected chi connectivity index (χ1v) is 7.27. The molecule has 6 heteroatoms. The number of hydrogen-bond donors (Lipinski definition) is 1. The van der Waals surface area contributed by atoms with Crippen molar-refractivity contribution < 1.29 is 0 Å². The van der Waals surface area contributed by atoms with Gasteiger partial charge >= 0.3 is 0 Å². The van der Waals surface area contributed by atoms with Crippen molar-refractivity contribution in [1.82, 2.24) is 14.5 Å². The van der Waals surface area contributed by atoms with E-state index in [-0.39, 0.29) is 0 Å². The molecule has 21 heavy (non-hydrogen) atoms. The van der Waals surface area contributed by atoms with E-state index >= 15 is 0 Å². The second-order valence-corrected chi connectivity index (χ2v) is 5.62. The second-order valence-electron chi connectivity index (χ2n) is 4.45. The summed E-state index contributed by atoms with van der Waals surface area (Å²) in [4.78, 5) is 10.5. The predicted molar refractivity (Wildman–Crippen MR) is 82.5 cm³/mol. The molecule has 3 aromatic heterocycles. The van der Waals surface area contributed by atoms with Gasteiger partial charge < -0.3 is 5.32 Å². The zero-order valence-electron chi connectivity index (χ0n) is 11.4. The van der Waals surface area contributed by atoms with E-state index in [2.05, 4.69) is 21.4 Å². The Morgan fingerprint density at radius 3 is 2.90 bits per heavy atom. The van der Waals surface area contributed by atoms with E-state index in [4.69, 9.17) is 5.26 Å². The molecule has 0 spiro atoms. The molecule has 0 amide bonds. The molecule has 0 saturated carbocycles. The van der Waals surface area contributed by atoms with E-state index in [1.54, 1.807) is 12.4 Å². The molecule has 0 bridgehead atoms. The number of nitrogens with zero attached hydrogens (tertiary/aromatic N) is 4. The van der Waals surface area contributed by atoms with Crippen LogP contribution < -0.4 is 5.32 Å². The molecule has 1 N–H and O–H groups in total. The van der Waals surface area contributed by atoms with Gasteiger partial charge in [0.2, 0.25) is 0 Å². The van der Waals surface area contributed by atoms with Crippen molar-refractivity contribution in [3.05, 3.63) is 58.4 Å². The zero-order chi connectivity index (χ0) is 14.7. The van der Waals surface area contributed by atoms with E-state index < -0.39 is 0 Å². The molecule has 0 atom stereocenters. The number of anilines is 1. The lowest BCUT2D eigenvalue weighted by atomic mass is 10.3. The lowest BCUT2D eigenvalue weighted by molar-refractivity contribution is 0.930. The van der Waals surface area contributed by atoms with Crippen molar-refractivity contribution in [2.24, 2.45) is 0 Å². The summed E-state index contributed by atoms with van der Waals surface area (Å²) < 4.78 is 1.94. The molecular formula is C15H13N5S. The van der Waals surface area contributed by atoms with E-state index in [9.17, 15) is 0 Å². The maximum Gasteiger partial charge on any atom is 0.161 e. The molecule has 5 nitrogen and oxygen atoms in total. The van der Waals surface area contributed by atoms with E-state index in [0.29, 0.717) is 6.54 Å². The first kappa shape index (κ1) is 13.3. The molecule has 0 unspecified atom stereocenters. The third kappa shape index (κ3) is 2.78. The normalized spacial score (nSPS) is 10.3. The first-order chi connectivity index (χ1) is 10.3. The standard InChI is InChI=1S/C15H13N5S/c1-11-17-7-8-20(11)15-14(3-2-6-18-15)19-10-13-5-4-12(9-16)21-13/h2-8,19H,10H2,1H3. The molecule has 0 aliphatic heterocycles. The summed E-state index contributed by atoms with van der Waals surface area (Å²) >= 11 is 1.50. The quantitative estimate of drug-likeness (QED) is 0.803. The fourth-order valence-corrected chi connectivity index (χ4v) is 2.79. The van der Waals surface area contributed by atoms with Crippen molar-refractivity contribution in [2.75, 3.05) is 5.32 Å². The highest BCUT2D eigenvalue weighted by Crippen LogP contribution is 2.21. The number of pyridine rings is 1. The monoisotopic (exact) mass is 295 g/mol. The Hall–Kier alpha value is -2.65. The molecule has 3 rings (SSSR count). The van der Waals surface area contributed by atoms with Gasteiger partial charge in [-0.05, 0) is 31.2 Å². The summed E-state index contributed by atoms with van der Waals surface area (Å²) in [5.74, 6) is 1.71. The Morgan fingerprint density at radius 1 is 1.29 bits per heavy atom. The highest BCUT2D eigenvalue weighted by Gasteiger charge is 2.08. The van der Waals surface area contributed by atoms with Crippen LogP contribution in [-0.2, 0) is 6.54 Å². The van der Waals surface area contributed by atoms with E-state index in [1.807, 2.05) is 42.0 Å². The Morgan fingerprint density at radius 2 is 2.19 bits per heavy atom. The number of rotatable bonds is 4. The van der Waals surface area contributed by atoms with Gasteiger partial charge in [0.05, 0.1) is 5.69 Å². The van der Waals surface area contributed by atoms with Crippen molar-refractivity contribution in [1.29, 1.82) is 5.26 Å². The summed E-state index contributed by atoms with van der Waals surface area (Å²) in [6, 6.07) is 9.84. The average molecular weight is 295 g/mol. The molecule has 0 fully saturated rings. The summed E-state index contributed by atoms with van der Waals surface area (Å²) in [6.07, 6.45) is 5.41. The van der Waals surface area contributed by atoms with Gasteiger partial charge in [-0.1, -0.05) is 0 Å². The van der Waals surface area contributed by atoms with Crippen molar-refractivity contribution in [3.63, 3.8) is 0 Å². The van der Waals surface area contributed by atoms with Crippen LogP contribution in [0.1, 0.15) is 15.6 Å². The van der Waals surface area contributed by atoms with Gasteiger partial charge in [-0.2, -0.15) is 5.26 Å². The first-order valence-electron chi connectivity index (χ1n) is 6.46. The minimum absolute atomic E-state index is 0.665. The fourth-order valence-electron chi connectivity index (χ4n) is 2.04. The second kappa shape index (κ2) is 5.77. The van der Waals surface area contributed by atoms with Crippen LogP contribution in [0.4, 0.5) is 5.69 Å². The van der Waals surface area contributed by atoms with Crippen molar-refractivity contribution >= 4 is 17.0 Å². The van der Waals surface area contributed by atoms with E-state index in [0.717, 1.165) is 27.1 Å². The van der Waals surface area contributed by atoms with Gasteiger partial charge in [0.25, 0.3) is 0 Å². The van der Waals surface area contributed by atoms with Crippen molar-refractivity contribution in [3.8, 4) is 11.9 Å². The molecule has 0 aromatic carbocycles. The van der Waals surface area contributed by atoms with Gasteiger partial charge in [-0.25, -0.2) is 9.97 Å². The average Bonchev–Trinajstić information content (AvgIpc) is 3.14. The molecule has 0 aliphatic rings. The fraction of sp³-hybridized carbons (Fsp3) is 0.133. The largest absolute Gasteiger partial charge is 0.377 e. The summed E-state index contributed by atoms with van der Waals surface area (Å²) in [5, 5.41) is 12.2. The summed E-state index contributed by atoms with van der Waals surface area (Å²) in [7, 11) is 0. The Bertz CT molecular complexity index is 796. The number of thiophene rings is 1. The maximum atomic E-state index is 8.86. The SMILES string of the molecule is Cc1nccn1-c1ncccc1NCc1ccc(C#N)s1. The van der Waals surface area contributed by atoms with Gasteiger partial charge in [-0.3, -0.25) is 4.57 Å². The predicted octanol–water partition coefficient (Wildman–Crippen LogP) is 3.12. The van der Waals surface area contributed by atoms with Crippen LogP contribution in [0.25, 0.3) is 5.82 Å². The number of aromatic nitrogens is 3. The Labute approximate surface area is 126 Å². The van der Waals surface area contributed by atoms with Crippen LogP contribution in [0.5, 0.6) is 0 Å². The number of nitriles is 1. The topological polar surface area (TPSA) is 66.5 Å². The number of hydrogen-bond acceptors (Lipinski definition) is 5. The minimum Gasteiger partial charge on any atom is -0.377 e. The van der Waals surface area contributed by atoms with Gasteiger partial charge in [0.15, 0.2) is 5.82 Å². The molecule has 0 radical (unpaired) electrons.